The Balaban J connectivity index is 1.52. The molecule has 2 aromatic rings. The molecule has 28 heavy (non-hydrogen) atoms. The number of piperidine rings is 1. The quantitative estimate of drug-likeness (QED) is 0.827. The summed E-state index contributed by atoms with van der Waals surface area (Å²) in [5, 5.41) is 3.03. The Kier molecular flexibility index (Phi) is 5.15. The number of amides is 2. The predicted octanol–water partition coefficient (Wildman–Crippen LogP) is 3.77. The van der Waals surface area contributed by atoms with Gasteiger partial charge in [-0.25, -0.2) is 0 Å². The van der Waals surface area contributed by atoms with E-state index in [1.165, 1.54) is 6.08 Å². The number of carbonyl (C=O) groups is 2. The molecular weight excluding hydrogens is 352 g/mol. The lowest BCUT2D eigenvalue weighted by Gasteiger charge is -2.32. The Morgan fingerprint density at radius 1 is 1.11 bits per heavy atom. The van der Waals surface area contributed by atoms with Gasteiger partial charge in [-0.15, -0.1) is 0 Å². The Labute approximate surface area is 165 Å². The van der Waals surface area contributed by atoms with Crippen LogP contribution in [0.2, 0.25) is 0 Å². The number of benzene rings is 2. The predicted molar refractivity (Wildman–Crippen MR) is 109 cm³/mol. The first-order valence-corrected chi connectivity index (χ1v) is 9.73. The van der Waals surface area contributed by atoms with Gasteiger partial charge in [0.15, 0.2) is 0 Å². The van der Waals surface area contributed by atoms with E-state index in [-0.39, 0.29) is 17.7 Å². The van der Waals surface area contributed by atoms with Gasteiger partial charge in [-0.2, -0.15) is 0 Å². The maximum absolute atomic E-state index is 13.1. The van der Waals surface area contributed by atoms with Crippen LogP contribution in [-0.2, 0) is 11.2 Å². The Morgan fingerprint density at radius 3 is 2.68 bits per heavy atom. The van der Waals surface area contributed by atoms with E-state index in [0.29, 0.717) is 25.3 Å². The Morgan fingerprint density at radius 2 is 1.89 bits per heavy atom. The van der Waals surface area contributed by atoms with Gasteiger partial charge in [-0.05, 0) is 48.1 Å². The van der Waals surface area contributed by atoms with E-state index in [1.54, 1.807) is 0 Å². The molecular formula is C23H24N2O3. The van der Waals surface area contributed by atoms with E-state index in [2.05, 4.69) is 11.9 Å². The normalized spacial score (nSPS) is 16.2. The van der Waals surface area contributed by atoms with Crippen molar-refractivity contribution in [1.29, 1.82) is 0 Å². The summed E-state index contributed by atoms with van der Waals surface area (Å²) in [4.78, 5) is 26.7. The number of rotatable bonds is 4. The number of anilines is 1. The number of carbonyl (C=O) groups excluding carboxylic acids is 2. The first kappa shape index (κ1) is 18.3. The molecule has 2 aliphatic rings. The number of likely N-dealkylation sites (tertiary alicyclic amines) is 1. The average Bonchev–Trinajstić information content (AvgIpc) is 3.23. The van der Waals surface area contributed by atoms with Gasteiger partial charge in [-0.3, -0.25) is 9.59 Å². The maximum Gasteiger partial charge on any atom is 0.256 e. The summed E-state index contributed by atoms with van der Waals surface area (Å²) < 4.78 is 5.70. The minimum atomic E-state index is -0.121. The number of fused-ring (bicyclic) bond motifs is 1. The lowest BCUT2D eigenvalue weighted by Crippen LogP contribution is -2.37. The SMILES string of the molecule is C=CC(=O)N1CCC(c2ccccc2C(=O)Nc2cccc3c2OCC3)CC1. The molecule has 2 aliphatic heterocycles. The van der Waals surface area contributed by atoms with Gasteiger partial charge in [0.1, 0.15) is 5.75 Å². The highest BCUT2D eigenvalue weighted by molar-refractivity contribution is 6.06. The number of ether oxygens (including phenoxy) is 1. The Bertz CT molecular complexity index is 914. The molecule has 2 amide bonds. The van der Waals surface area contributed by atoms with Crippen LogP contribution in [0.3, 0.4) is 0 Å². The second-order valence-corrected chi connectivity index (χ2v) is 7.24. The second kappa shape index (κ2) is 7.89. The monoisotopic (exact) mass is 376 g/mol. The van der Waals surface area contributed by atoms with Crippen LogP contribution in [0.25, 0.3) is 0 Å². The second-order valence-electron chi connectivity index (χ2n) is 7.24. The zero-order chi connectivity index (χ0) is 19.5. The highest BCUT2D eigenvalue weighted by Gasteiger charge is 2.26. The smallest absolute Gasteiger partial charge is 0.256 e. The van der Waals surface area contributed by atoms with E-state index in [1.807, 2.05) is 47.4 Å². The number of para-hydroxylation sites is 1. The molecule has 0 radical (unpaired) electrons. The standard InChI is InChI=1S/C23H24N2O3/c1-2-21(26)25-13-10-16(11-14-25)18-7-3-4-8-19(18)23(27)24-20-9-5-6-17-12-15-28-22(17)20/h2-9,16H,1,10-15H2,(H,24,27). The molecule has 0 aliphatic carbocycles. The highest BCUT2D eigenvalue weighted by atomic mass is 16.5. The van der Waals surface area contributed by atoms with Crippen molar-refractivity contribution in [1.82, 2.24) is 4.90 Å². The number of hydrogen-bond acceptors (Lipinski definition) is 3. The third-order valence-electron chi connectivity index (χ3n) is 5.59. The largest absolute Gasteiger partial charge is 0.491 e. The van der Waals surface area contributed by atoms with E-state index in [9.17, 15) is 9.59 Å². The van der Waals surface area contributed by atoms with E-state index in [0.717, 1.165) is 41.8 Å². The van der Waals surface area contributed by atoms with E-state index < -0.39 is 0 Å². The summed E-state index contributed by atoms with van der Waals surface area (Å²) in [5.74, 6) is 0.893. The summed E-state index contributed by atoms with van der Waals surface area (Å²) >= 11 is 0. The molecule has 0 spiro atoms. The van der Waals surface area contributed by atoms with E-state index >= 15 is 0 Å². The molecule has 2 heterocycles. The first-order valence-electron chi connectivity index (χ1n) is 9.73. The molecule has 0 aromatic heterocycles. The summed E-state index contributed by atoms with van der Waals surface area (Å²) in [6, 6.07) is 13.6. The van der Waals surface area contributed by atoms with Crippen molar-refractivity contribution in [2.24, 2.45) is 0 Å². The van der Waals surface area contributed by atoms with Crippen LogP contribution in [-0.4, -0.2) is 36.4 Å². The highest BCUT2D eigenvalue weighted by Crippen LogP contribution is 2.35. The van der Waals surface area contributed by atoms with Crippen LogP contribution in [0.15, 0.2) is 55.1 Å². The molecule has 1 saturated heterocycles. The molecule has 4 rings (SSSR count). The molecule has 0 atom stereocenters. The number of nitrogens with one attached hydrogen (secondary N) is 1. The van der Waals surface area contributed by atoms with Crippen LogP contribution in [0, 0.1) is 0 Å². The minimum absolute atomic E-state index is 0.0255. The van der Waals surface area contributed by atoms with Crippen LogP contribution in [0.5, 0.6) is 5.75 Å². The van der Waals surface area contributed by atoms with Gasteiger partial charge >= 0.3 is 0 Å². The number of nitrogens with zero attached hydrogens (tertiary/aromatic N) is 1. The van der Waals surface area contributed by atoms with Crippen molar-refractivity contribution in [3.05, 3.63) is 71.8 Å². The minimum Gasteiger partial charge on any atom is -0.491 e. The molecule has 0 bridgehead atoms. The van der Waals surface area contributed by atoms with Crippen LogP contribution >= 0.6 is 0 Å². The zero-order valence-electron chi connectivity index (χ0n) is 15.8. The lowest BCUT2D eigenvalue weighted by molar-refractivity contribution is -0.127. The van der Waals surface area contributed by atoms with Crippen molar-refractivity contribution in [3.8, 4) is 5.75 Å². The molecule has 1 N–H and O–H groups in total. The molecule has 5 heteroatoms. The van der Waals surface area contributed by atoms with Gasteiger partial charge in [0, 0.05) is 25.1 Å². The summed E-state index contributed by atoms with van der Waals surface area (Å²) in [6.07, 6.45) is 3.92. The van der Waals surface area contributed by atoms with Crippen molar-refractivity contribution >= 4 is 17.5 Å². The molecule has 0 unspecified atom stereocenters. The lowest BCUT2D eigenvalue weighted by atomic mass is 9.86. The fourth-order valence-corrected chi connectivity index (χ4v) is 4.10. The Hall–Kier alpha value is -3.08. The molecule has 5 nitrogen and oxygen atoms in total. The third-order valence-corrected chi connectivity index (χ3v) is 5.59. The molecule has 2 aromatic carbocycles. The molecule has 1 fully saturated rings. The third kappa shape index (κ3) is 3.52. The van der Waals surface area contributed by atoms with Crippen molar-refractivity contribution in [2.75, 3.05) is 25.0 Å². The van der Waals surface area contributed by atoms with Crippen LogP contribution < -0.4 is 10.1 Å². The number of hydrogen-bond donors (Lipinski definition) is 1. The zero-order valence-corrected chi connectivity index (χ0v) is 15.8. The average molecular weight is 376 g/mol. The van der Waals surface area contributed by atoms with Crippen molar-refractivity contribution < 1.29 is 14.3 Å². The topological polar surface area (TPSA) is 58.6 Å². The van der Waals surface area contributed by atoms with Gasteiger partial charge in [0.2, 0.25) is 5.91 Å². The fraction of sp³-hybridized carbons (Fsp3) is 0.304. The van der Waals surface area contributed by atoms with Crippen LogP contribution in [0.4, 0.5) is 5.69 Å². The van der Waals surface area contributed by atoms with Crippen molar-refractivity contribution in [2.45, 2.75) is 25.2 Å². The first-order chi connectivity index (χ1) is 13.7. The summed E-state index contributed by atoms with van der Waals surface area (Å²) in [6.45, 7) is 5.59. The van der Waals surface area contributed by atoms with Gasteiger partial charge in [-0.1, -0.05) is 36.9 Å². The summed E-state index contributed by atoms with van der Waals surface area (Å²) in [5.41, 5.74) is 3.58. The van der Waals surface area contributed by atoms with Crippen LogP contribution in [0.1, 0.15) is 40.2 Å². The van der Waals surface area contributed by atoms with Crippen molar-refractivity contribution in [3.63, 3.8) is 0 Å². The van der Waals surface area contributed by atoms with Gasteiger partial charge in [0.25, 0.3) is 5.91 Å². The van der Waals surface area contributed by atoms with E-state index in [4.69, 9.17) is 4.74 Å². The summed E-state index contributed by atoms with van der Waals surface area (Å²) in [7, 11) is 0. The van der Waals surface area contributed by atoms with Gasteiger partial charge < -0.3 is 15.0 Å². The van der Waals surface area contributed by atoms with Gasteiger partial charge in [0.05, 0.1) is 12.3 Å². The molecule has 144 valence electrons. The molecule has 0 saturated carbocycles. The fourth-order valence-electron chi connectivity index (χ4n) is 4.10. The maximum atomic E-state index is 13.1.